The zero-order valence-electron chi connectivity index (χ0n) is 24.4. The van der Waals surface area contributed by atoms with Gasteiger partial charge < -0.3 is 0 Å². The zero-order chi connectivity index (χ0) is 24.8. The van der Waals surface area contributed by atoms with E-state index >= 15 is 0 Å². The molecule has 0 radical (unpaired) electrons. The van der Waals surface area contributed by atoms with Gasteiger partial charge in [0.25, 0.3) is 0 Å². The highest BCUT2D eigenvalue weighted by Gasteiger charge is 2.59. The summed E-state index contributed by atoms with van der Waals surface area (Å²) in [4.78, 5) is 0. The second-order valence-corrected chi connectivity index (χ2v) is 13.6. The van der Waals surface area contributed by atoms with Crippen molar-refractivity contribution in [3.05, 3.63) is 12.2 Å². The van der Waals surface area contributed by atoms with Crippen molar-refractivity contribution in [3.63, 3.8) is 0 Å². The van der Waals surface area contributed by atoms with Crippen LogP contribution in [0.5, 0.6) is 0 Å². The lowest BCUT2D eigenvalue weighted by Gasteiger charge is -2.61. The number of hydrogen-bond acceptors (Lipinski definition) is 0. The Labute approximate surface area is 210 Å². The fourth-order valence-corrected chi connectivity index (χ4v) is 9.32. The van der Waals surface area contributed by atoms with Crippen LogP contribution in [0, 0.1) is 52.3 Å². The van der Waals surface area contributed by atoms with Crippen LogP contribution in [0.1, 0.15) is 146 Å². The van der Waals surface area contributed by atoms with Gasteiger partial charge in [-0.3, -0.25) is 0 Å². The van der Waals surface area contributed by atoms with Crippen LogP contribution < -0.4 is 0 Å². The van der Waals surface area contributed by atoms with Crippen molar-refractivity contribution in [2.45, 2.75) is 146 Å². The molecule has 0 amide bonds. The standard InChI is InChI=1S/C27H48.C4H8.C2H6/c1-19(2)9-8-10-20(3)23-14-15-24-22-13-12-21-11-6-7-17-26(21,4)25(22)16-18-27(23,24)5;1-4(2)3;1-2/h19-25H,6-18H2,1-5H3;1H2,2-3H3;1-2H3/t20-,21?,22?,23?,24?,25?,26?,27?;;/m1../s1. The molecule has 0 heterocycles. The van der Waals surface area contributed by atoms with Crippen molar-refractivity contribution in [1.29, 1.82) is 0 Å². The van der Waals surface area contributed by atoms with Crippen LogP contribution >= 0.6 is 0 Å². The molecule has 4 fully saturated rings. The van der Waals surface area contributed by atoms with Crippen molar-refractivity contribution in [2.24, 2.45) is 52.3 Å². The molecule has 0 aliphatic heterocycles. The molecule has 0 nitrogen and oxygen atoms in total. The van der Waals surface area contributed by atoms with Gasteiger partial charge in [-0.05, 0) is 117 Å². The Balaban J connectivity index is 0.000000582. The molecule has 0 aromatic heterocycles. The van der Waals surface area contributed by atoms with E-state index in [4.69, 9.17) is 0 Å². The number of allylic oxidation sites excluding steroid dienone is 1. The largest absolute Gasteiger partial charge is 0.100 e. The third-order valence-corrected chi connectivity index (χ3v) is 10.8. The third-order valence-electron chi connectivity index (χ3n) is 10.8. The summed E-state index contributed by atoms with van der Waals surface area (Å²) in [5, 5.41) is 0. The summed E-state index contributed by atoms with van der Waals surface area (Å²) in [6.07, 6.45) is 19.9. The molecule has 4 aliphatic rings. The maximum Gasteiger partial charge on any atom is -0.0264 e. The molecular weight excluding hydrogens is 396 g/mol. The van der Waals surface area contributed by atoms with Crippen molar-refractivity contribution in [2.75, 3.05) is 0 Å². The molecule has 7 unspecified atom stereocenters. The van der Waals surface area contributed by atoms with E-state index in [0.717, 1.165) is 41.4 Å². The minimum Gasteiger partial charge on any atom is -0.100 e. The number of rotatable bonds is 5. The lowest BCUT2D eigenvalue weighted by Crippen LogP contribution is -2.53. The SMILES string of the molecule is C=C(C)C.CC.CC(C)CCC[C@@H](C)C1CCC2C3CCC4CCCCC4(C)C3CCC21C. The van der Waals surface area contributed by atoms with Crippen molar-refractivity contribution in [3.8, 4) is 0 Å². The predicted molar refractivity (Wildman–Crippen MR) is 150 cm³/mol. The van der Waals surface area contributed by atoms with Gasteiger partial charge in [0.1, 0.15) is 0 Å². The Kier molecular flexibility index (Phi) is 11.1. The van der Waals surface area contributed by atoms with Gasteiger partial charge in [-0.2, -0.15) is 0 Å². The van der Waals surface area contributed by atoms with Crippen LogP contribution in [0.4, 0.5) is 0 Å². The first-order valence-corrected chi connectivity index (χ1v) is 15.2. The Morgan fingerprint density at radius 2 is 1.42 bits per heavy atom. The van der Waals surface area contributed by atoms with E-state index in [9.17, 15) is 0 Å². The molecule has 0 saturated heterocycles. The fourth-order valence-electron chi connectivity index (χ4n) is 9.32. The van der Waals surface area contributed by atoms with E-state index in [-0.39, 0.29) is 0 Å². The van der Waals surface area contributed by atoms with Gasteiger partial charge >= 0.3 is 0 Å². The molecule has 0 N–H and O–H groups in total. The maximum atomic E-state index is 3.56. The highest BCUT2D eigenvalue weighted by molar-refractivity contribution is 5.09. The van der Waals surface area contributed by atoms with E-state index < -0.39 is 0 Å². The smallest absolute Gasteiger partial charge is 0.0264 e. The minimum atomic E-state index is 0.677. The molecule has 33 heavy (non-hydrogen) atoms. The number of fused-ring (bicyclic) bond motifs is 5. The summed E-state index contributed by atoms with van der Waals surface area (Å²) in [5.74, 6) is 7.15. The lowest BCUT2D eigenvalue weighted by atomic mass is 9.44. The van der Waals surface area contributed by atoms with Crippen molar-refractivity contribution >= 4 is 0 Å². The highest BCUT2D eigenvalue weighted by Crippen LogP contribution is 2.68. The molecular formula is C33H62. The van der Waals surface area contributed by atoms with Crippen LogP contribution in [0.2, 0.25) is 0 Å². The lowest BCUT2D eigenvalue weighted by molar-refractivity contribution is -0.114. The molecule has 0 spiro atoms. The monoisotopic (exact) mass is 458 g/mol. The van der Waals surface area contributed by atoms with E-state index in [2.05, 4.69) is 41.2 Å². The fraction of sp³-hybridized carbons (Fsp3) is 0.939. The molecule has 0 bridgehead atoms. The average Bonchev–Trinajstić information content (AvgIpc) is 3.11. The van der Waals surface area contributed by atoms with Crippen LogP contribution in [0.15, 0.2) is 12.2 Å². The Morgan fingerprint density at radius 1 is 0.788 bits per heavy atom. The van der Waals surface area contributed by atoms with Crippen molar-refractivity contribution < 1.29 is 0 Å². The molecule has 0 heteroatoms. The predicted octanol–water partition coefficient (Wildman–Crippen LogP) is 11.1. The van der Waals surface area contributed by atoms with Gasteiger partial charge in [0.15, 0.2) is 0 Å². The van der Waals surface area contributed by atoms with E-state index in [1.54, 1.807) is 51.4 Å². The number of hydrogen-bond donors (Lipinski definition) is 0. The second-order valence-electron chi connectivity index (χ2n) is 13.6. The summed E-state index contributed by atoms with van der Waals surface area (Å²) in [7, 11) is 0. The Hall–Kier alpha value is -0.260. The average molecular weight is 459 g/mol. The van der Waals surface area contributed by atoms with Gasteiger partial charge in [0.05, 0.1) is 0 Å². The van der Waals surface area contributed by atoms with Gasteiger partial charge in [-0.1, -0.05) is 86.1 Å². The van der Waals surface area contributed by atoms with E-state index in [1.165, 1.54) is 37.7 Å². The quantitative estimate of drug-likeness (QED) is 0.359. The van der Waals surface area contributed by atoms with E-state index in [1.807, 2.05) is 27.7 Å². The van der Waals surface area contributed by atoms with E-state index in [0.29, 0.717) is 10.8 Å². The molecule has 4 rings (SSSR count). The Morgan fingerprint density at radius 3 is 2.06 bits per heavy atom. The molecule has 0 aromatic rings. The van der Waals surface area contributed by atoms with Crippen LogP contribution in [0.3, 0.4) is 0 Å². The molecule has 0 aromatic carbocycles. The molecule has 4 aliphatic carbocycles. The summed E-state index contributed by atoms with van der Waals surface area (Å²) in [6, 6.07) is 0. The van der Waals surface area contributed by atoms with Crippen molar-refractivity contribution in [1.82, 2.24) is 0 Å². The zero-order valence-corrected chi connectivity index (χ0v) is 24.4. The summed E-state index contributed by atoms with van der Waals surface area (Å²) < 4.78 is 0. The molecule has 8 atom stereocenters. The third kappa shape index (κ3) is 6.50. The minimum absolute atomic E-state index is 0.677. The second kappa shape index (κ2) is 12.6. The summed E-state index contributed by atoms with van der Waals surface area (Å²) >= 11 is 0. The normalized spacial score (nSPS) is 40.2. The highest BCUT2D eigenvalue weighted by atomic mass is 14.6. The van der Waals surface area contributed by atoms with Crippen LogP contribution in [-0.4, -0.2) is 0 Å². The summed E-state index contributed by atoms with van der Waals surface area (Å²) in [5.41, 5.74) is 2.56. The first-order chi connectivity index (χ1) is 15.6. The molecule has 4 saturated carbocycles. The topological polar surface area (TPSA) is 0 Å². The van der Waals surface area contributed by atoms with Gasteiger partial charge in [-0.25, -0.2) is 0 Å². The van der Waals surface area contributed by atoms with Crippen LogP contribution in [-0.2, 0) is 0 Å². The molecule has 194 valence electrons. The van der Waals surface area contributed by atoms with Gasteiger partial charge in [0, 0.05) is 0 Å². The first-order valence-electron chi connectivity index (χ1n) is 15.2. The maximum absolute atomic E-state index is 3.56. The van der Waals surface area contributed by atoms with Gasteiger partial charge in [-0.15, -0.1) is 6.58 Å². The van der Waals surface area contributed by atoms with Gasteiger partial charge in [0.2, 0.25) is 0 Å². The van der Waals surface area contributed by atoms with Crippen LogP contribution in [0.25, 0.3) is 0 Å². The first kappa shape index (κ1) is 29.0. The summed E-state index contributed by atoms with van der Waals surface area (Å²) in [6.45, 7) is 24.4. The Bertz CT molecular complexity index is 583.